The molecule has 2 nitrogen and oxygen atoms in total. The average Bonchev–Trinajstić information content (AvgIpc) is 2.38. The van der Waals surface area contributed by atoms with Gasteiger partial charge in [0.25, 0.3) is 0 Å². The highest BCUT2D eigenvalue weighted by atomic mass is 16.2. The van der Waals surface area contributed by atoms with E-state index in [4.69, 9.17) is 0 Å². The van der Waals surface area contributed by atoms with Crippen molar-refractivity contribution in [2.45, 2.75) is 27.2 Å². The number of nitrogens with zero attached hydrogens (tertiary/aromatic N) is 1. The van der Waals surface area contributed by atoms with Gasteiger partial charge in [-0.25, -0.2) is 0 Å². The van der Waals surface area contributed by atoms with E-state index in [1.54, 1.807) is 0 Å². The Kier molecular flexibility index (Phi) is 5.47. The first-order valence-corrected chi connectivity index (χ1v) is 6.27. The molecule has 0 heterocycles. The summed E-state index contributed by atoms with van der Waals surface area (Å²) < 4.78 is 0. The first-order valence-electron chi connectivity index (χ1n) is 6.27. The number of benzene rings is 1. The maximum absolute atomic E-state index is 12.2. The summed E-state index contributed by atoms with van der Waals surface area (Å²) in [6.45, 7) is 7.58. The maximum atomic E-state index is 12.2. The van der Waals surface area contributed by atoms with Crippen molar-refractivity contribution in [2.75, 3.05) is 13.1 Å². The minimum Gasteiger partial charge on any atom is -0.339 e. The van der Waals surface area contributed by atoms with Gasteiger partial charge in [-0.15, -0.1) is 0 Å². The molecule has 0 bridgehead atoms. The number of carbonyl (C=O) groups excluding carboxylic acids is 1. The van der Waals surface area contributed by atoms with Crippen molar-refractivity contribution in [1.82, 2.24) is 4.90 Å². The predicted molar refractivity (Wildman–Crippen MR) is 72.6 cm³/mol. The number of rotatable bonds is 5. The number of carbonyl (C=O) groups is 1. The lowest BCUT2D eigenvalue weighted by Crippen LogP contribution is -2.31. The Labute approximate surface area is 104 Å². The third-order valence-corrected chi connectivity index (χ3v) is 2.85. The standard InChI is InChI=1S/C15H21NO/c1-4-14(15(17)16(5-2)6-3)12-13-10-8-7-9-11-13/h7-12H,4-6H2,1-3H3/b14-12+. The van der Waals surface area contributed by atoms with Crippen LogP contribution in [-0.2, 0) is 4.79 Å². The fourth-order valence-electron chi connectivity index (χ4n) is 1.78. The van der Waals surface area contributed by atoms with Crippen LogP contribution >= 0.6 is 0 Å². The van der Waals surface area contributed by atoms with E-state index in [-0.39, 0.29) is 5.91 Å². The van der Waals surface area contributed by atoms with Crippen molar-refractivity contribution < 1.29 is 4.79 Å². The lowest BCUT2D eigenvalue weighted by atomic mass is 10.1. The highest BCUT2D eigenvalue weighted by Gasteiger charge is 2.13. The summed E-state index contributed by atoms with van der Waals surface area (Å²) in [4.78, 5) is 14.1. The molecule has 0 saturated carbocycles. The molecule has 92 valence electrons. The molecule has 0 spiro atoms. The van der Waals surface area contributed by atoms with Crippen LogP contribution in [0.15, 0.2) is 35.9 Å². The maximum Gasteiger partial charge on any atom is 0.249 e. The molecule has 0 atom stereocenters. The van der Waals surface area contributed by atoms with Crippen molar-refractivity contribution in [3.63, 3.8) is 0 Å². The first kappa shape index (κ1) is 13.5. The SMILES string of the molecule is CC/C(=C\c1ccccc1)C(=O)N(CC)CC. The molecule has 0 fully saturated rings. The van der Waals surface area contributed by atoms with Crippen LogP contribution in [0.25, 0.3) is 6.08 Å². The summed E-state index contributed by atoms with van der Waals surface area (Å²) >= 11 is 0. The molecule has 0 unspecified atom stereocenters. The van der Waals surface area contributed by atoms with Gasteiger partial charge in [0.05, 0.1) is 0 Å². The van der Waals surface area contributed by atoms with Gasteiger partial charge in [-0.05, 0) is 31.9 Å². The fourth-order valence-corrected chi connectivity index (χ4v) is 1.78. The molecule has 0 saturated heterocycles. The molecule has 0 aliphatic heterocycles. The van der Waals surface area contributed by atoms with E-state index in [1.165, 1.54) is 0 Å². The van der Waals surface area contributed by atoms with E-state index in [9.17, 15) is 4.79 Å². The van der Waals surface area contributed by atoms with Crippen molar-refractivity contribution in [3.8, 4) is 0 Å². The third kappa shape index (κ3) is 3.74. The third-order valence-electron chi connectivity index (χ3n) is 2.85. The Morgan fingerprint density at radius 2 is 1.71 bits per heavy atom. The van der Waals surface area contributed by atoms with Gasteiger partial charge in [0, 0.05) is 18.7 Å². The summed E-state index contributed by atoms with van der Waals surface area (Å²) in [5.74, 6) is 0.154. The molecule has 1 aromatic carbocycles. The van der Waals surface area contributed by atoms with Crippen molar-refractivity contribution in [1.29, 1.82) is 0 Å². The van der Waals surface area contributed by atoms with Crippen LogP contribution in [-0.4, -0.2) is 23.9 Å². The van der Waals surface area contributed by atoms with Crippen LogP contribution in [0.2, 0.25) is 0 Å². The van der Waals surface area contributed by atoms with Crippen molar-refractivity contribution in [2.24, 2.45) is 0 Å². The monoisotopic (exact) mass is 231 g/mol. The number of amides is 1. The molecule has 17 heavy (non-hydrogen) atoms. The van der Waals surface area contributed by atoms with Crippen LogP contribution in [0.3, 0.4) is 0 Å². The quantitative estimate of drug-likeness (QED) is 0.712. The van der Waals surface area contributed by atoms with Gasteiger partial charge in [0.2, 0.25) is 5.91 Å². The van der Waals surface area contributed by atoms with Gasteiger partial charge in [0.1, 0.15) is 0 Å². The van der Waals surface area contributed by atoms with Gasteiger partial charge >= 0.3 is 0 Å². The molecule has 1 amide bonds. The molecule has 0 radical (unpaired) electrons. The Hall–Kier alpha value is -1.57. The van der Waals surface area contributed by atoms with E-state index in [2.05, 4.69) is 0 Å². The van der Waals surface area contributed by atoms with Crippen LogP contribution in [0.1, 0.15) is 32.8 Å². The molecular weight excluding hydrogens is 210 g/mol. The molecule has 1 aromatic rings. The summed E-state index contributed by atoms with van der Waals surface area (Å²) in [6, 6.07) is 9.99. The Morgan fingerprint density at radius 3 is 2.18 bits per heavy atom. The topological polar surface area (TPSA) is 20.3 Å². The zero-order valence-corrected chi connectivity index (χ0v) is 10.9. The predicted octanol–water partition coefficient (Wildman–Crippen LogP) is 3.35. The summed E-state index contributed by atoms with van der Waals surface area (Å²) in [5, 5.41) is 0. The van der Waals surface area contributed by atoms with Gasteiger partial charge < -0.3 is 4.90 Å². The normalized spacial score (nSPS) is 11.4. The molecule has 0 aliphatic rings. The van der Waals surface area contributed by atoms with E-state index in [0.717, 1.165) is 30.6 Å². The Bertz CT molecular complexity index is 377. The lowest BCUT2D eigenvalue weighted by molar-refractivity contribution is -0.126. The van der Waals surface area contributed by atoms with Gasteiger partial charge in [-0.2, -0.15) is 0 Å². The number of hydrogen-bond acceptors (Lipinski definition) is 1. The van der Waals surface area contributed by atoms with Crippen LogP contribution in [0.4, 0.5) is 0 Å². The van der Waals surface area contributed by atoms with Gasteiger partial charge in [0.15, 0.2) is 0 Å². The van der Waals surface area contributed by atoms with Gasteiger partial charge in [-0.3, -0.25) is 4.79 Å². The summed E-state index contributed by atoms with van der Waals surface area (Å²) in [5.41, 5.74) is 1.96. The largest absolute Gasteiger partial charge is 0.339 e. The van der Waals surface area contributed by atoms with Crippen molar-refractivity contribution in [3.05, 3.63) is 41.5 Å². The van der Waals surface area contributed by atoms with E-state index in [0.29, 0.717) is 0 Å². The van der Waals surface area contributed by atoms with Crippen molar-refractivity contribution >= 4 is 12.0 Å². The smallest absolute Gasteiger partial charge is 0.249 e. The second kappa shape index (κ2) is 6.89. The molecular formula is C15H21NO. The molecule has 0 aliphatic carbocycles. The highest BCUT2D eigenvalue weighted by Crippen LogP contribution is 2.12. The highest BCUT2D eigenvalue weighted by molar-refractivity contribution is 5.97. The van der Waals surface area contributed by atoms with E-state index in [1.807, 2.05) is 62.1 Å². The van der Waals surface area contributed by atoms with Gasteiger partial charge in [-0.1, -0.05) is 37.3 Å². The van der Waals surface area contributed by atoms with Crippen LogP contribution < -0.4 is 0 Å². The van der Waals surface area contributed by atoms with E-state index < -0.39 is 0 Å². The summed E-state index contributed by atoms with van der Waals surface area (Å²) in [7, 11) is 0. The average molecular weight is 231 g/mol. The zero-order valence-electron chi connectivity index (χ0n) is 10.9. The second-order valence-corrected chi connectivity index (χ2v) is 3.91. The minimum absolute atomic E-state index is 0.154. The molecule has 0 N–H and O–H groups in total. The fraction of sp³-hybridized carbons (Fsp3) is 0.400. The first-order chi connectivity index (χ1) is 8.22. The number of likely N-dealkylation sites (N-methyl/N-ethyl adjacent to an activating group) is 1. The Morgan fingerprint density at radius 1 is 1.12 bits per heavy atom. The second-order valence-electron chi connectivity index (χ2n) is 3.91. The molecule has 2 heteroatoms. The summed E-state index contributed by atoms with van der Waals surface area (Å²) in [6.07, 6.45) is 2.75. The van der Waals surface area contributed by atoms with Crippen LogP contribution in [0.5, 0.6) is 0 Å². The molecule has 0 aromatic heterocycles. The molecule has 1 rings (SSSR count). The number of hydrogen-bond donors (Lipinski definition) is 0. The minimum atomic E-state index is 0.154. The lowest BCUT2D eigenvalue weighted by Gasteiger charge is -2.20. The van der Waals surface area contributed by atoms with E-state index >= 15 is 0 Å². The Balaban J connectivity index is 2.91. The van der Waals surface area contributed by atoms with Crippen LogP contribution in [0, 0.1) is 0 Å². The zero-order chi connectivity index (χ0) is 12.7.